The smallest absolute Gasteiger partial charge is 0.226 e. The number of hydrogen-bond acceptors (Lipinski definition) is 18. The van der Waals surface area contributed by atoms with E-state index in [0.717, 1.165) is 31.3 Å². The SMILES string of the molecule is C=C1C[C@@]23CC[C@H]4[C@@](C)(CCC[C@@]4(C)C(=O)N[C@@H](C(C)=O)C(C)C)[C@@H]2CC[C@]1(O[C@@H]1O[C@H](CO)[C@@H](O)[C@H](O[C@@H]2O[C@H](CO)[C@@H](O)[C@H](O)[C@H]2O)[C@H]1O[C@@H]1O[C@H](CO)[C@@H](O)[C@H](O)[C@H]1O)C3. The fraction of sp³-hybridized carbons (Fsp3) is 0.909. The summed E-state index contributed by atoms with van der Waals surface area (Å²) in [5, 5.41) is 109. The van der Waals surface area contributed by atoms with Crippen molar-refractivity contribution in [3.63, 3.8) is 0 Å². The van der Waals surface area contributed by atoms with Crippen LogP contribution in [-0.4, -0.2) is 186 Å². The van der Waals surface area contributed by atoms with Crippen molar-refractivity contribution in [2.45, 2.75) is 196 Å². The monoisotopic (exact) mass is 901 g/mol. The van der Waals surface area contributed by atoms with Crippen LogP contribution in [-0.2, 0) is 38.0 Å². The summed E-state index contributed by atoms with van der Waals surface area (Å²) in [6, 6.07) is -0.577. The minimum absolute atomic E-state index is 0.0431. The highest BCUT2D eigenvalue weighted by Gasteiger charge is 2.69. The maximum atomic E-state index is 14.3. The molecule has 2 bridgehead atoms. The number of carbonyl (C=O) groups excluding carboxylic acids is 2. The third-order valence-electron chi connectivity index (χ3n) is 16.5. The summed E-state index contributed by atoms with van der Waals surface area (Å²) in [4.78, 5) is 26.8. The molecular weight excluding hydrogens is 830 g/mol. The number of rotatable bonds is 13. The van der Waals surface area contributed by atoms with Gasteiger partial charge >= 0.3 is 0 Å². The Morgan fingerprint density at radius 2 is 1.24 bits per heavy atom. The molecule has 19 heteroatoms. The van der Waals surface area contributed by atoms with Crippen LogP contribution in [0.2, 0.25) is 0 Å². The third-order valence-corrected chi connectivity index (χ3v) is 16.5. The fourth-order valence-electron chi connectivity index (χ4n) is 13.2. The summed E-state index contributed by atoms with van der Waals surface area (Å²) in [6.07, 6.45) is -19.3. The molecular formula is C44H71NO18. The maximum absolute atomic E-state index is 14.3. The highest BCUT2D eigenvalue weighted by Crippen LogP contribution is 2.73. The normalized spacial score (nSPS) is 50.4. The van der Waals surface area contributed by atoms with Gasteiger partial charge in [-0.05, 0) is 92.4 Å². The van der Waals surface area contributed by atoms with E-state index >= 15 is 0 Å². The average molecular weight is 902 g/mol. The number of carbonyl (C=O) groups is 2. The van der Waals surface area contributed by atoms with Crippen molar-refractivity contribution in [1.29, 1.82) is 0 Å². The van der Waals surface area contributed by atoms with Crippen LogP contribution in [0, 0.1) is 34.0 Å². The number of fused-ring (bicyclic) bond motifs is 3. The first-order valence-electron chi connectivity index (χ1n) is 22.7. The quantitative estimate of drug-likeness (QED) is 0.0723. The van der Waals surface area contributed by atoms with E-state index < -0.39 is 129 Å². The van der Waals surface area contributed by atoms with Gasteiger partial charge in [0.2, 0.25) is 5.91 Å². The topological polar surface area (TPSA) is 304 Å². The van der Waals surface area contributed by atoms with E-state index in [1.165, 1.54) is 6.92 Å². The van der Waals surface area contributed by atoms with E-state index in [4.69, 9.17) is 28.4 Å². The minimum atomic E-state index is -1.92. The molecule has 1 spiro atoms. The largest absolute Gasteiger partial charge is 0.394 e. The van der Waals surface area contributed by atoms with Gasteiger partial charge in [0.1, 0.15) is 73.2 Å². The van der Waals surface area contributed by atoms with Gasteiger partial charge in [-0.3, -0.25) is 9.59 Å². The van der Waals surface area contributed by atoms with Crippen molar-refractivity contribution in [2.24, 2.45) is 34.0 Å². The second-order valence-electron chi connectivity index (χ2n) is 20.5. The lowest BCUT2D eigenvalue weighted by Crippen LogP contribution is -2.68. The van der Waals surface area contributed by atoms with Crippen LogP contribution in [0.15, 0.2) is 12.2 Å². The molecule has 0 aromatic heterocycles. The highest BCUT2D eigenvalue weighted by molar-refractivity contribution is 5.90. The lowest BCUT2D eigenvalue weighted by Gasteiger charge is -2.64. The van der Waals surface area contributed by atoms with Crippen molar-refractivity contribution in [2.75, 3.05) is 19.8 Å². The number of ether oxygens (including phenoxy) is 6. The predicted molar refractivity (Wildman–Crippen MR) is 217 cm³/mol. The molecule has 7 rings (SSSR count). The molecule has 7 aliphatic rings. The molecule has 19 nitrogen and oxygen atoms in total. The predicted octanol–water partition coefficient (Wildman–Crippen LogP) is -1.73. The zero-order valence-electron chi connectivity index (χ0n) is 36.9. The van der Waals surface area contributed by atoms with Gasteiger partial charge in [0.05, 0.1) is 31.5 Å². The van der Waals surface area contributed by atoms with Gasteiger partial charge in [0.15, 0.2) is 24.7 Å². The van der Waals surface area contributed by atoms with Crippen molar-refractivity contribution >= 4 is 11.7 Å². The Bertz CT molecular complexity index is 1670. The lowest BCUT2D eigenvalue weighted by molar-refractivity contribution is -0.400. The van der Waals surface area contributed by atoms with Gasteiger partial charge in [-0.15, -0.1) is 0 Å². The van der Waals surface area contributed by atoms with Crippen LogP contribution in [0.5, 0.6) is 0 Å². The van der Waals surface area contributed by atoms with E-state index in [0.29, 0.717) is 32.1 Å². The van der Waals surface area contributed by atoms with E-state index in [9.17, 15) is 60.7 Å². The van der Waals surface area contributed by atoms with Crippen molar-refractivity contribution in [3.8, 4) is 0 Å². The summed E-state index contributed by atoms with van der Waals surface area (Å²) < 4.78 is 37.0. The van der Waals surface area contributed by atoms with Gasteiger partial charge in [-0.1, -0.05) is 40.7 Å². The average Bonchev–Trinajstić information content (AvgIpc) is 3.44. The Kier molecular flexibility index (Phi) is 14.3. The van der Waals surface area contributed by atoms with Crippen LogP contribution in [0.4, 0.5) is 0 Å². The standard InChI is InChI=1S/C44H71NO18/c1-19(2)27(21(4)49)45-40(57)42(6)11-7-10-41(5)25(42)8-12-43-14-20(3)44(18-43,13-9-26(41)43)63-39-36(62-38-34(56)32(54)29(51)23(16-47)59-38)35(30(52)24(17-48)60-39)61-37-33(55)31(53)28(50)22(15-46)58-37/h19,22-39,46-48,50-56H,3,7-18H2,1-2,4-6H3,(H,45,57)/t22-,23-,24-,25+,26+,27-,28-,29-,30-,31+,32+,33-,34-,35+,36-,37+,38+,39+,41-,42-,43-,44+/m1/s1. The Morgan fingerprint density at radius 1 is 0.714 bits per heavy atom. The molecule has 7 fully saturated rings. The first-order valence-corrected chi connectivity index (χ1v) is 22.7. The summed E-state index contributed by atoms with van der Waals surface area (Å²) in [5.41, 5.74) is -1.51. The van der Waals surface area contributed by atoms with Gasteiger partial charge in [-0.25, -0.2) is 0 Å². The van der Waals surface area contributed by atoms with Gasteiger partial charge in [0.25, 0.3) is 0 Å². The summed E-state index contributed by atoms with van der Waals surface area (Å²) >= 11 is 0. The van der Waals surface area contributed by atoms with Crippen LogP contribution >= 0.6 is 0 Å². The number of ketones is 1. The van der Waals surface area contributed by atoms with E-state index in [2.05, 4.69) is 18.8 Å². The van der Waals surface area contributed by atoms with Crippen molar-refractivity contribution in [3.05, 3.63) is 12.2 Å². The van der Waals surface area contributed by atoms with Crippen molar-refractivity contribution in [1.82, 2.24) is 5.32 Å². The molecule has 0 aromatic rings. The summed E-state index contributed by atoms with van der Waals surface area (Å²) in [7, 11) is 0. The number of Topliss-reactive ketones (excluding diaryl/α,β-unsaturated/α-hetero) is 1. The molecule has 3 heterocycles. The number of amides is 1. The third kappa shape index (κ3) is 8.37. The molecule has 22 atom stereocenters. The fourth-order valence-corrected chi connectivity index (χ4v) is 13.2. The molecule has 63 heavy (non-hydrogen) atoms. The summed E-state index contributed by atoms with van der Waals surface area (Å²) in [5.74, 6) is -0.0132. The highest BCUT2D eigenvalue weighted by atomic mass is 16.8. The molecule has 4 aliphatic carbocycles. The molecule has 0 aromatic carbocycles. The molecule has 1 amide bonds. The van der Waals surface area contributed by atoms with E-state index in [1.807, 2.05) is 20.8 Å². The Morgan fingerprint density at radius 3 is 1.78 bits per heavy atom. The molecule has 360 valence electrons. The minimum Gasteiger partial charge on any atom is -0.394 e. The van der Waals surface area contributed by atoms with E-state index in [1.54, 1.807) is 0 Å². The van der Waals surface area contributed by atoms with Crippen LogP contribution < -0.4 is 5.32 Å². The second kappa shape index (κ2) is 18.4. The zero-order chi connectivity index (χ0) is 46.1. The molecule has 0 unspecified atom stereocenters. The maximum Gasteiger partial charge on any atom is 0.226 e. The number of aliphatic hydroxyl groups excluding tert-OH is 10. The van der Waals surface area contributed by atoms with Crippen LogP contribution in [0.25, 0.3) is 0 Å². The van der Waals surface area contributed by atoms with Gasteiger partial charge < -0.3 is 84.8 Å². The molecule has 3 saturated heterocycles. The Labute approximate surface area is 367 Å². The van der Waals surface area contributed by atoms with Gasteiger partial charge in [0, 0.05) is 5.41 Å². The Hall–Kier alpha value is -1.76. The second-order valence-corrected chi connectivity index (χ2v) is 20.5. The number of aliphatic hydroxyl groups is 10. The Balaban J connectivity index is 1.19. The molecule has 11 N–H and O–H groups in total. The number of nitrogens with one attached hydrogen (secondary N) is 1. The van der Waals surface area contributed by atoms with Crippen molar-refractivity contribution < 1.29 is 89.1 Å². The summed E-state index contributed by atoms with van der Waals surface area (Å²) in [6.45, 7) is 11.9. The number of hydrogen-bond donors (Lipinski definition) is 11. The van der Waals surface area contributed by atoms with E-state index in [-0.39, 0.29) is 40.3 Å². The van der Waals surface area contributed by atoms with Crippen LogP contribution in [0.1, 0.15) is 92.4 Å². The van der Waals surface area contributed by atoms with Crippen LogP contribution in [0.3, 0.4) is 0 Å². The molecule has 3 aliphatic heterocycles. The molecule has 0 radical (unpaired) electrons. The van der Waals surface area contributed by atoms with Gasteiger partial charge in [-0.2, -0.15) is 0 Å². The first kappa shape index (κ1) is 49.2. The zero-order valence-corrected chi connectivity index (χ0v) is 36.9. The molecule has 4 saturated carbocycles. The lowest BCUT2D eigenvalue weighted by atomic mass is 9.40. The first-order chi connectivity index (χ1) is 29.6.